The Morgan fingerprint density at radius 2 is 2.33 bits per heavy atom. The third-order valence-electron chi connectivity index (χ3n) is 2.99. The number of carbonyl (C=O) groups excluding carboxylic acids is 1. The van der Waals surface area contributed by atoms with Gasteiger partial charge in [0.05, 0.1) is 11.8 Å². The topological polar surface area (TPSA) is 72.9 Å². The second-order valence-corrected chi connectivity index (χ2v) is 4.17. The lowest BCUT2D eigenvalue weighted by molar-refractivity contribution is 0.0909. The van der Waals surface area contributed by atoms with Gasteiger partial charge >= 0.3 is 0 Å². The van der Waals surface area contributed by atoms with Gasteiger partial charge < -0.3 is 11.1 Å². The average molecular weight is 208 g/mol. The molecule has 1 saturated carbocycles. The van der Waals surface area contributed by atoms with Crippen molar-refractivity contribution in [3.8, 4) is 0 Å². The standard InChI is InChI=1S/C10H16N4O/c1-6-9(5-12-14(6)2)10(15)13-8-3-7(11)4-8/h5,7-8H,3-4,11H2,1-2H3,(H,13,15). The normalized spacial score (nSPS) is 24.7. The third kappa shape index (κ3) is 1.87. The number of hydrogen-bond acceptors (Lipinski definition) is 3. The number of nitrogens with two attached hydrogens (primary N) is 1. The van der Waals surface area contributed by atoms with Crippen LogP contribution in [0.15, 0.2) is 6.20 Å². The van der Waals surface area contributed by atoms with Crippen LogP contribution in [0.2, 0.25) is 0 Å². The number of amides is 1. The highest BCUT2D eigenvalue weighted by molar-refractivity contribution is 5.95. The zero-order chi connectivity index (χ0) is 11.0. The molecule has 1 aliphatic carbocycles. The Morgan fingerprint density at radius 1 is 1.67 bits per heavy atom. The number of hydrogen-bond donors (Lipinski definition) is 2. The highest BCUT2D eigenvalue weighted by atomic mass is 16.1. The minimum Gasteiger partial charge on any atom is -0.349 e. The Hall–Kier alpha value is -1.36. The Kier molecular flexibility index (Phi) is 2.48. The molecular formula is C10H16N4O. The molecule has 1 fully saturated rings. The summed E-state index contributed by atoms with van der Waals surface area (Å²) in [6, 6.07) is 0.498. The SMILES string of the molecule is Cc1c(C(=O)NC2CC(N)C2)cnn1C. The average Bonchev–Trinajstić information content (AvgIpc) is 2.45. The zero-order valence-corrected chi connectivity index (χ0v) is 9.03. The smallest absolute Gasteiger partial charge is 0.254 e. The molecule has 3 N–H and O–H groups in total. The van der Waals surface area contributed by atoms with Gasteiger partial charge in [-0.3, -0.25) is 9.48 Å². The van der Waals surface area contributed by atoms with Crippen LogP contribution in [0.1, 0.15) is 28.9 Å². The maximum atomic E-state index is 11.8. The van der Waals surface area contributed by atoms with E-state index in [1.54, 1.807) is 10.9 Å². The lowest BCUT2D eigenvalue weighted by Crippen LogP contribution is -2.50. The van der Waals surface area contributed by atoms with Gasteiger partial charge in [-0.1, -0.05) is 0 Å². The highest BCUT2D eigenvalue weighted by Gasteiger charge is 2.28. The number of carbonyl (C=O) groups is 1. The van der Waals surface area contributed by atoms with E-state index >= 15 is 0 Å². The van der Waals surface area contributed by atoms with Crippen molar-refractivity contribution in [1.29, 1.82) is 0 Å². The van der Waals surface area contributed by atoms with E-state index in [4.69, 9.17) is 5.73 Å². The van der Waals surface area contributed by atoms with Gasteiger partial charge in [-0.05, 0) is 19.8 Å². The third-order valence-corrected chi connectivity index (χ3v) is 2.99. The Bertz CT molecular complexity index is 379. The summed E-state index contributed by atoms with van der Waals surface area (Å²) in [4.78, 5) is 11.8. The first-order valence-corrected chi connectivity index (χ1v) is 5.13. The van der Waals surface area contributed by atoms with E-state index in [9.17, 15) is 4.79 Å². The van der Waals surface area contributed by atoms with Gasteiger partial charge in [0.25, 0.3) is 5.91 Å². The van der Waals surface area contributed by atoms with Crippen molar-refractivity contribution in [1.82, 2.24) is 15.1 Å². The second kappa shape index (κ2) is 3.66. The van der Waals surface area contributed by atoms with Gasteiger partial charge in [0, 0.05) is 24.8 Å². The van der Waals surface area contributed by atoms with Crippen LogP contribution in [0.3, 0.4) is 0 Å². The summed E-state index contributed by atoms with van der Waals surface area (Å²) in [5.74, 6) is -0.0440. The Balaban J connectivity index is 1.99. The van der Waals surface area contributed by atoms with Crippen molar-refractivity contribution >= 4 is 5.91 Å². The van der Waals surface area contributed by atoms with Crippen molar-refractivity contribution in [3.05, 3.63) is 17.5 Å². The fourth-order valence-corrected chi connectivity index (χ4v) is 1.76. The highest BCUT2D eigenvalue weighted by Crippen LogP contribution is 2.18. The summed E-state index contributed by atoms with van der Waals surface area (Å²) >= 11 is 0. The number of aromatic nitrogens is 2. The minimum absolute atomic E-state index is 0.0440. The Labute approximate surface area is 88.6 Å². The van der Waals surface area contributed by atoms with Crippen LogP contribution in [-0.4, -0.2) is 27.8 Å². The first kappa shape index (κ1) is 10.2. The summed E-state index contributed by atoms with van der Waals surface area (Å²) in [7, 11) is 1.82. The largest absolute Gasteiger partial charge is 0.349 e. The van der Waals surface area contributed by atoms with Crippen molar-refractivity contribution in [2.45, 2.75) is 31.8 Å². The molecule has 5 nitrogen and oxygen atoms in total. The summed E-state index contributed by atoms with van der Waals surface area (Å²) in [5, 5.41) is 6.98. The molecule has 1 aromatic rings. The monoisotopic (exact) mass is 208 g/mol. The summed E-state index contributed by atoms with van der Waals surface area (Å²) in [6.45, 7) is 1.88. The summed E-state index contributed by atoms with van der Waals surface area (Å²) in [6.07, 6.45) is 3.36. The summed E-state index contributed by atoms with van der Waals surface area (Å²) in [5.41, 5.74) is 7.19. The fourth-order valence-electron chi connectivity index (χ4n) is 1.76. The maximum absolute atomic E-state index is 11.8. The molecule has 0 saturated heterocycles. The fraction of sp³-hybridized carbons (Fsp3) is 0.600. The first-order chi connectivity index (χ1) is 7.08. The van der Waals surface area contributed by atoms with Crippen molar-refractivity contribution < 1.29 is 4.79 Å². The van der Waals surface area contributed by atoms with E-state index in [1.807, 2.05) is 14.0 Å². The van der Waals surface area contributed by atoms with Crippen molar-refractivity contribution in [3.63, 3.8) is 0 Å². The van der Waals surface area contributed by atoms with Crippen LogP contribution < -0.4 is 11.1 Å². The van der Waals surface area contributed by atoms with Crippen LogP contribution in [0.25, 0.3) is 0 Å². The van der Waals surface area contributed by atoms with Crippen LogP contribution >= 0.6 is 0 Å². The summed E-state index contributed by atoms with van der Waals surface area (Å²) < 4.78 is 1.70. The second-order valence-electron chi connectivity index (χ2n) is 4.17. The number of nitrogens with zero attached hydrogens (tertiary/aromatic N) is 2. The van der Waals surface area contributed by atoms with Gasteiger partial charge in [0.1, 0.15) is 0 Å². The zero-order valence-electron chi connectivity index (χ0n) is 9.03. The molecule has 1 amide bonds. The van der Waals surface area contributed by atoms with Gasteiger partial charge in [0.15, 0.2) is 0 Å². The van der Waals surface area contributed by atoms with Gasteiger partial charge in [-0.15, -0.1) is 0 Å². The van der Waals surface area contributed by atoms with Crippen LogP contribution in [0.4, 0.5) is 0 Å². The molecule has 5 heteroatoms. The van der Waals surface area contributed by atoms with E-state index in [0.717, 1.165) is 18.5 Å². The Morgan fingerprint density at radius 3 is 2.80 bits per heavy atom. The molecule has 0 aliphatic heterocycles. The maximum Gasteiger partial charge on any atom is 0.254 e. The van der Waals surface area contributed by atoms with E-state index in [2.05, 4.69) is 10.4 Å². The molecule has 1 aliphatic rings. The molecule has 0 spiro atoms. The lowest BCUT2D eigenvalue weighted by atomic mass is 9.87. The van der Waals surface area contributed by atoms with Crippen molar-refractivity contribution in [2.75, 3.05) is 0 Å². The molecule has 0 radical (unpaired) electrons. The molecule has 0 atom stereocenters. The van der Waals surface area contributed by atoms with E-state index < -0.39 is 0 Å². The molecule has 82 valence electrons. The molecule has 0 aromatic carbocycles. The molecule has 2 rings (SSSR count). The number of aryl methyl sites for hydroxylation is 1. The number of rotatable bonds is 2. The quantitative estimate of drug-likeness (QED) is 0.715. The van der Waals surface area contributed by atoms with Crippen LogP contribution in [-0.2, 0) is 7.05 Å². The van der Waals surface area contributed by atoms with E-state index in [-0.39, 0.29) is 18.0 Å². The molecule has 0 bridgehead atoms. The lowest BCUT2D eigenvalue weighted by Gasteiger charge is -2.32. The molecule has 1 aromatic heterocycles. The van der Waals surface area contributed by atoms with Crippen LogP contribution in [0, 0.1) is 6.92 Å². The van der Waals surface area contributed by atoms with Gasteiger partial charge in [-0.25, -0.2) is 0 Å². The van der Waals surface area contributed by atoms with Gasteiger partial charge in [-0.2, -0.15) is 5.10 Å². The predicted molar refractivity (Wildman–Crippen MR) is 56.4 cm³/mol. The predicted octanol–water partition coefficient (Wildman–Crippen LogP) is -0.0520. The van der Waals surface area contributed by atoms with Gasteiger partial charge in [0.2, 0.25) is 0 Å². The van der Waals surface area contributed by atoms with E-state index in [0.29, 0.717) is 5.56 Å². The van der Waals surface area contributed by atoms with Crippen molar-refractivity contribution in [2.24, 2.45) is 12.8 Å². The molecule has 1 heterocycles. The van der Waals surface area contributed by atoms with E-state index in [1.165, 1.54) is 0 Å². The molecule has 15 heavy (non-hydrogen) atoms. The minimum atomic E-state index is -0.0440. The molecule has 0 unspecified atom stereocenters. The number of nitrogens with one attached hydrogen (secondary N) is 1. The van der Waals surface area contributed by atoms with Crippen LogP contribution in [0.5, 0.6) is 0 Å². The first-order valence-electron chi connectivity index (χ1n) is 5.13. The molecular weight excluding hydrogens is 192 g/mol.